The number of para-hydroxylation sites is 2. The third-order valence-corrected chi connectivity index (χ3v) is 5.20. The van der Waals surface area contributed by atoms with Crippen LogP contribution in [0.5, 0.6) is 5.75 Å². The molecule has 1 amide bonds. The average molecular weight is 430 g/mol. The Balaban J connectivity index is 1.54. The number of benzene rings is 3. The van der Waals surface area contributed by atoms with Gasteiger partial charge >= 0.3 is 5.97 Å². The van der Waals surface area contributed by atoms with Crippen LogP contribution in [0.2, 0.25) is 0 Å². The van der Waals surface area contributed by atoms with Gasteiger partial charge in [-0.15, -0.1) is 0 Å². The zero-order chi connectivity index (χ0) is 22.7. The molecule has 0 saturated carbocycles. The van der Waals surface area contributed by atoms with E-state index in [1.54, 1.807) is 72.3 Å². The van der Waals surface area contributed by atoms with Crippen LogP contribution in [-0.4, -0.2) is 29.7 Å². The summed E-state index contributed by atoms with van der Waals surface area (Å²) >= 11 is 0. The first-order valence-corrected chi connectivity index (χ1v) is 10.1. The molecule has 3 aromatic carbocycles. The Kier molecular flexibility index (Phi) is 5.89. The Morgan fingerprint density at radius 1 is 0.906 bits per heavy atom. The fourth-order valence-corrected chi connectivity index (χ4v) is 3.58. The van der Waals surface area contributed by atoms with Gasteiger partial charge in [0.1, 0.15) is 12.3 Å². The average Bonchev–Trinajstić information content (AvgIpc) is 2.82. The minimum Gasteiger partial charge on any atom is -0.497 e. The normalized spacial score (nSPS) is 11.8. The minimum absolute atomic E-state index is 0.0898. The molecule has 0 fully saturated rings. The predicted octanol–water partition coefficient (Wildman–Crippen LogP) is 3.73. The van der Waals surface area contributed by atoms with Crippen LogP contribution >= 0.6 is 0 Å². The molecule has 4 rings (SSSR count). The van der Waals surface area contributed by atoms with E-state index < -0.39 is 18.0 Å². The van der Waals surface area contributed by atoms with Gasteiger partial charge in [-0.25, -0.2) is 0 Å². The number of hydrogen-bond donors (Lipinski definition) is 1. The molecule has 1 unspecified atom stereocenters. The molecule has 7 nitrogen and oxygen atoms in total. The summed E-state index contributed by atoms with van der Waals surface area (Å²) < 4.78 is 12.2. The van der Waals surface area contributed by atoms with E-state index >= 15 is 0 Å². The largest absolute Gasteiger partial charge is 0.497 e. The number of methoxy groups -OCH3 is 1. The van der Waals surface area contributed by atoms with Gasteiger partial charge in [-0.3, -0.25) is 14.4 Å². The van der Waals surface area contributed by atoms with Crippen LogP contribution in [0.3, 0.4) is 0 Å². The number of anilines is 1. The number of nitrogens with one attached hydrogen (secondary N) is 1. The number of aromatic nitrogens is 1. The fourth-order valence-electron chi connectivity index (χ4n) is 3.58. The third-order valence-electron chi connectivity index (χ3n) is 5.20. The number of carbonyl (C=O) groups excluding carboxylic acids is 2. The van der Waals surface area contributed by atoms with Crippen LogP contribution in [0.4, 0.5) is 5.69 Å². The summed E-state index contributed by atoms with van der Waals surface area (Å²) in [6.07, 6.45) is -0.999. The molecule has 0 aliphatic heterocycles. The molecule has 162 valence electrons. The first kappa shape index (κ1) is 21.1. The van der Waals surface area contributed by atoms with Crippen molar-refractivity contribution in [2.24, 2.45) is 0 Å². The third kappa shape index (κ3) is 4.18. The predicted molar refractivity (Wildman–Crippen MR) is 123 cm³/mol. The maximum Gasteiger partial charge on any atom is 0.326 e. The summed E-state index contributed by atoms with van der Waals surface area (Å²) in [6.45, 7) is 1.37. The van der Waals surface area contributed by atoms with Crippen LogP contribution in [0, 0.1) is 0 Å². The van der Waals surface area contributed by atoms with E-state index in [2.05, 4.69) is 5.32 Å². The molecular formula is C25H22N2O5. The molecule has 4 aromatic rings. The SMILES string of the molecule is COc1ccc(NC(=O)C(C)OC(=O)Cn2c3ccccc3c(=O)c3ccccc32)cc1. The molecule has 32 heavy (non-hydrogen) atoms. The standard InChI is InChI=1S/C25H22N2O5/c1-16(25(30)26-17-11-13-18(31-2)14-12-17)32-23(28)15-27-21-9-5-3-7-19(21)24(29)20-8-4-6-10-22(20)27/h3-14,16H,15H2,1-2H3,(H,26,30). The van der Waals surface area contributed by atoms with Crippen molar-refractivity contribution in [1.82, 2.24) is 4.57 Å². The lowest BCUT2D eigenvalue weighted by molar-refractivity contribution is -0.153. The lowest BCUT2D eigenvalue weighted by atomic mass is 10.1. The van der Waals surface area contributed by atoms with Crippen LogP contribution in [0.15, 0.2) is 77.6 Å². The van der Waals surface area contributed by atoms with Crippen LogP contribution in [0.1, 0.15) is 6.92 Å². The molecule has 0 bridgehead atoms. The van der Waals surface area contributed by atoms with Gasteiger partial charge in [0.05, 0.1) is 18.1 Å². The Labute approximate surface area is 184 Å². The molecule has 0 saturated heterocycles. The second kappa shape index (κ2) is 8.93. The van der Waals surface area contributed by atoms with Crippen molar-refractivity contribution in [3.63, 3.8) is 0 Å². The Morgan fingerprint density at radius 2 is 1.47 bits per heavy atom. The zero-order valence-corrected chi connectivity index (χ0v) is 17.7. The van der Waals surface area contributed by atoms with Gasteiger partial charge in [0, 0.05) is 16.5 Å². The highest BCUT2D eigenvalue weighted by Gasteiger charge is 2.20. The van der Waals surface area contributed by atoms with Crippen molar-refractivity contribution in [1.29, 1.82) is 0 Å². The second-order valence-corrected chi connectivity index (χ2v) is 7.30. The van der Waals surface area contributed by atoms with Crippen LogP contribution < -0.4 is 15.5 Å². The van der Waals surface area contributed by atoms with E-state index in [4.69, 9.17) is 9.47 Å². The minimum atomic E-state index is -0.999. The van der Waals surface area contributed by atoms with Gasteiger partial charge in [-0.05, 0) is 55.5 Å². The van der Waals surface area contributed by atoms with Crippen molar-refractivity contribution in [3.8, 4) is 5.75 Å². The zero-order valence-electron chi connectivity index (χ0n) is 17.7. The smallest absolute Gasteiger partial charge is 0.326 e. The maximum absolute atomic E-state index is 12.8. The summed E-state index contributed by atoms with van der Waals surface area (Å²) in [6, 6.07) is 21.1. The molecule has 1 aromatic heterocycles. The summed E-state index contributed by atoms with van der Waals surface area (Å²) in [5.74, 6) is -0.359. The second-order valence-electron chi connectivity index (χ2n) is 7.30. The number of rotatable bonds is 6. The summed E-state index contributed by atoms with van der Waals surface area (Å²) in [7, 11) is 1.56. The lowest BCUT2D eigenvalue weighted by Gasteiger charge is -2.17. The molecule has 1 atom stereocenters. The van der Waals surface area contributed by atoms with E-state index in [1.165, 1.54) is 6.92 Å². The maximum atomic E-state index is 12.8. The molecule has 0 radical (unpaired) electrons. The van der Waals surface area contributed by atoms with Crippen molar-refractivity contribution in [2.45, 2.75) is 19.6 Å². The number of ether oxygens (including phenoxy) is 2. The van der Waals surface area contributed by atoms with Gasteiger partial charge < -0.3 is 19.4 Å². The Morgan fingerprint density at radius 3 is 2.03 bits per heavy atom. The number of fused-ring (bicyclic) bond motifs is 2. The number of esters is 1. The molecule has 7 heteroatoms. The van der Waals surface area contributed by atoms with Gasteiger partial charge in [0.15, 0.2) is 11.5 Å². The highest BCUT2D eigenvalue weighted by Crippen LogP contribution is 2.20. The molecule has 0 spiro atoms. The molecule has 1 N–H and O–H groups in total. The van der Waals surface area contributed by atoms with E-state index in [9.17, 15) is 14.4 Å². The van der Waals surface area contributed by atoms with Crippen LogP contribution in [0.25, 0.3) is 21.8 Å². The first-order valence-electron chi connectivity index (χ1n) is 10.1. The number of carbonyl (C=O) groups is 2. The van der Waals surface area contributed by atoms with Crippen molar-refractivity contribution >= 4 is 39.4 Å². The molecule has 0 aliphatic carbocycles. The molecule has 0 aliphatic rings. The summed E-state index contributed by atoms with van der Waals surface area (Å²) in [5, 5.41) is 3.74. The lowest BCUT2D eigenvalue weighted by Crippen LogP contribution is -2.31. The first-order chi connectivity index (χ1) is 15.5. The van der Waals surface area contributed by atoms with E-state index in [0.717, 1.165) is 0 Å². The van der Waals surface area contributed by atoms with Gasteiger partial charge in [-0.2, -0.15) is 0 Å². The summed E-state index contributed by atoms with van der Waals surface area (Å²) in [5.41, 5.74) is 1.73. The van der Waals surface area contributed by atoms with Crippen molar-refractivity contribution in [2.75, 3.05) is 12.4 Å². The highest BCUT2D eigenvalue weighted by atomic mass is 16.5. The van der Waals surface area contributed by atoms with E-state index in [1.807, 2.05) is 12.1 Å². The Hall–Kier alpha value is -4.13. The van der Waals surface area contributed by atoms with E-state index in [-0.39, 0.29) is 12.0 Å². The van der Waals surface area contributed by atoms with Crippen LogP contribution in [-0.2, 0) is 20.9 Å². The monoisotopic (exact) mass is 430 g/mol. The van der Waals surface area contributed by atoms with Crippen molar-refractivity contribution in [3.05, 3.63) is 83.0 Å². The quantitative estimate of drug-likeness (QED) is 0.372. The number of nitrogens with zero attached hydrogens (tertiary/aromatic N) is 1. The fraction of sp³-hybridized carbons (Fsp3) is 0.160. The number of hydrogen-bond acceptors (Lipinski definition) is 5. The topological polar surface area (TPSA) is 86.6 Å². The van der Waals surface area contributed by atoms with Crippen molar-refractivity contribution < 1.29 is 19.1 Å². The molecule has 1 heterocycles. The molecular weight excluding hydrogens is 408 g/mol. The number of amides is 1. The van der Waals surface area contributed by atoms with Gasteiger partial charge in [0.25, 0.3) is 5.91 Å². The van der Waals surface area contributed by atoms with E-state index in [0.29, 0.717) is 33.2 Å². The Bertz CT molecular complexity index is 1300. The van der Waals surface area contributed by atoms with Gasteiger partial charge in [0.2, 0.25) is 0 Å². The highest BCUT2D eigenvalue weighted by molar-refractivity contribution is 5.96. The van der Waals surface area contributed by atoms with Gasteiger partial charge in [-0.1, -0.05) is 24.3 Å². The number of pyridine rings is 1. The summed E-state index contributed by atoms with van der Waals surface area (Å²) in [4.78, 5) is 38.0.